The molecule has 0 radical (unpaired) electrons. The molecule has 0 unspecified atom stereocenters. The van der Waals surface area contributed by atoms with Crippen molar-refractivity contribution in [2.24, 2.45) is 0 Å². The zero-order valence-corrected chi connectivity index (χ0v) is 13.4. The van der Waals surface area contributed by atoms with Gasteiger partial charge in [-0.1, -0.05) is 29.8 Å². The van der Waals surface area contributed by atoms with Crippen molar-refractivity contribution < 1.29 is 9.90 Å². The van der Waals surface area contributed by atoms with Gasteiger partial charge in [0, 0.05) is 16.9 Å². The summed E-state index contributed by atoms with van der Waals surface area (Å²) in [7, 11) is 0. The van der Waals surface area contributed by atoms with Gasteiger partial charge in [0.1, 0.15) is 5.75 Å². The maximum absolute atomic E-state index is 12.9. The quantitative estimate of drug-likeness (QED) is 0.760. The van der Waals surface area contributed by atoms with Crippen LogP contribution in [-0.4, -0.2) is 21.2 Å². The lowest BCUT2D eigenvalue weighted by molar-refractivity contribution is 0.0988. The molecule has 5 heteroatoms. The number of amides is 1. The van der Waals surface area contributed by atoms with E-state index in [-0.39, 0.29) is 17.7 Å². The topological polar surface area (TPSA) is 69.2 Å². The molecule has 2 aromatic carbocycles. The third-order valence-electron chi connectivity index (χ3n) is 4.45. The predicted octanol–water partition coefficient (Wildman–Crippen LogP) is 3.48. The van der Waals surface area contributed by atoms with E-state index in [1.165, 1.54) is 0 Å². The molecular weight excluding hydrogens is 302 g/mol. The van der Waals surface area contributed by atoms with Crippen molar-refractivity contribution in [1.82, 2.24) is 10.2 Å². The Morgan fingerprint density at radius 1 is 1.12 bits per heavy atom. The standard InChI is InChI=1S/C19H17N3O2/c1-11-6-8-14(9-7-11)22-18(13-4-3-5-15(23)10-13)16-12(2)20-21-17(16)19(22)24/h3-10,18,23H,1-2H3,(H,20,21)/t18-/m0/s1. The van der Waals surface area contributed by atoms with Crippen LogP contribution >= 0.6 is 0 Å². The summed E-state index contributed by atoms with van der Waals surface area (Å²) in [6.07, 6.45) is 0. The Morgan fingerprint density at radius 3 is 2.58 bits per heavy atom. The minimum atomic E-state index is -0.305. The van der Waals surface area contributed by atoms with Crippen LogP contribution in [0.4, 0.5) is 5.69 Å². The summed E-state index contributed by atoms with van der Waals surface area (Å²) in [5, 5.41) is 17.0. The summed E-state index contributed by atoms with van der Waals surface area (Å²) >= 11 is 0. The number of benzene rings is 2. The van der Waals surface area contributed by atoms with Gasteiger partial charge in [0.2, 0.25) is 0 Å². The number of phenols is 1. The van der Waals surface area contributed by atoms with Gasteiger partial charge in [-0.15, -0.1) is 0 Å². The molecule has 0 spiro atoms. The lowest BCUT2D eigenvalue weighted by Crippen LogP contribution is -2.29. The third kappa shape index (κ3) is 2.09. The van der Waals surface area contributed by atoms with E-state index in [1.54, 1.807) is 23.1 Å². The molecule has 1 aromatic heterocycles. The largest absolute Gasteiger partial charge is 0.508 e. The summed E-state index contributed by atoms with van der Waals surface area (Å²) in [4.78, 5) is 14.7. The van der Waals surface area contributed by atoms with Crippen molar-refractivity contribution in [3.63, 3.8) is 0 Å². The van der Waals surface area contributed by atoms with Crippen LogP contribution in [0.2, 0.25) is 0 Å². The van der Waals surface area contributed by atoms with Crippen LogP contribution in [0.25, 0.3) is 0 Å². The maximum atomic E-state index is 12.9. The van der Waals surface area contributed by atoms with Crippen molar-refractivity contribution in [1.29, 1.82) is 0 Å². The van der Waals surface area contributed by atoms with E-state index in [0.717, 1.165) is 28.1 Å². The number of rotatable bonds is 2. The van der Waals surface area contributed by atoms with E-state index in [9.17, 15) is 9.90 Å². The normalized spacial score (nSPS) is 16.5. The van der Waals surface area contributed by atoms with Gasteiger partial charge in [0.25, 0.3) is 5.91 Å². The van der Waals surface area contributed by atoms with Gasteiger partial charge in [-0.2, -0.15) is 5.10 Å². The van der Waals surface area contributed by atoms with Crippen molar-refractivity contribution in [3.05, 3.63) is 76.6 Å². The second-order valence-electron chi connectivity index (χ2n) is 6.12. The first-order chi connectivity index (χ1) is 11.6. The number of fused-ring (bicyclic) bond motifs is 1. The number of aromatic hydroxyl groups is 1. The van der Waals surface area contributed by atoms with Crippen LogP contribution in [0.5, 0.6) is 5.75 Å². The van der Waals surface area contributed by atoms with Gasteiger partial charge < -0.3 is 5.11 Å². The number of aromatic nitrogens is 2. The number of aromatic amines is 1. The fraction of sp³-hybridized carbons (Fsp3) is 0.158. The second kappa shape index (κ2) is 5.23. The molecule has 2 heterocycles. The number of nitrogens with zero attached hydrogens (tertiary/aromatic N) is 2. The number of H-pyrrole nitrogens is 1. The van der Waals surface area contributed by atoms with Gasteiger partial charge in [-0.05, 0) is 43.7 Å². The summed E-state index contributed by atoms with van der Waals surface area (Å²) in [6.45, 7) is 3.92. The molecule has 0 saturated carbocycles. The summed E-state index contributed by atoms with van der Waals surface area (Å²) in [5.74, 6) is 0.0462. The second-order valence-corrected chi connectivity index (χ2v) is 6.12. The fourth-order valence-electron chi connectivity index (χ4n) is 3.28. The Morgan fingerprint density at radius 2 is 1.88 bits per heavy atom. The molecule has 0 bridgehead atoms. The Kier molecular flexibility index (Phi) is 3.16. The number of carbonyl (C=O) groups excluding carboxylic acids is 1. The predicted molar refractivity (Wildman–Crippen MR) is 91.3 cm³/mol. The molecule has 24 heavy (non-hydrogen) atoms. The third-order valence-corrected chi connectivity index (χ3v) is 4.45. The molecular formula is C19H17N3O2. The number of anilines is 1. The first-order valence-electron chi connectivity index (χ1n) is 7.80. The van der Waals surface area contributed by atoms with Gasteiger partial charge >= 0.3 is 0 Å². The van der Waals surface area contributed by atoms with Crippen LogP contribution in [0.15, 0.2) is 48.5 Å². The SMILES string of the molecule is Cc1ccc(N2C(=O)c3n[nH]c(C)c3[C@@H]2c2cccc(O)c2)cc1. The van der Waals surface area contributed by atoms with Crippen molar-refractivity contribution in [2.75, 3.05) is 4.90 Å². The highest BCUT2D eigenvalue weighted by Gasteiger charge is 2.42. The lowest BCUT2D eigenvalue weighted by atomic mass is 9.98. The van der Waals surface area contributed by atoms with Gasteiger partial charge in [0.15, 0.2) is 5.69 Å². The van der Waals surface area contributed by atoms with E-state index in [2.05, 4.69) is 10.2 Å². The monoisotopic (exact) mass is 319 g/mol. The van der Waals surface area contributed by atoms with Crippen molar-refractivity contribution in [3.8, 4) is 5.75 Å². The molecule has 0 aliphatic carbocycles. The number of carbonyl (C=O) groups is 1. The Hall–Kier alpha value is -3.08. The number of phenolic OH excluding ortho intramolecular Hbond substituents is 1. The molecule has 1 atom stereocenters. The Bertz CT molecular complexity index is 928. The van der Waals surface area contributed by atoms with E-state index >= 15 is 0 Å². The first kappa shape index (κ1) is 14.5. The highest BCUT2D eigenvalue weighted by atomic mass is 16.3. The molecule has 0 fully saturated rings. The number of nitrogens with one attached hydrogen (secondary N) is 1. The molecule has 5 nitrogen and oxygen atoms in total. The van der Waals surface area contributed by atoms with Crippen LogP contribution in [-0.2, 0) is 0 Å². The van der Waals surface area contributed by atoms with Crippen molar-refractivity contribution in [2.45, 2.75) is 19.9 Å². The van der Waals surface area contributed by atoms with E-state index < -0.39 is 0 Å². The number of aryl methyl sites for hydroxylation is 2. The molecule has 3 aromatic rings. The average molecular weight is 319 g/mol. The number of hydrogen-bond acceptors (Lipinski definition) is 3. The first-order valence-corrected chi connectivity index (χ1v) is 7.80. The van der Waals surface area contributed by atoms with Crippen LogP contribution in [0, 0.1) is 13.8 Å². The summed E-state index contributed by atoms with van der Waals surface area (Å²) in [5.41, 5.74) is 4.98. The highest BCUT2D eigenvalue weighted by molar-refractivity contribution is 6.10. The van der Waals surface area contributed by atoms with Crippen LogP contribution < -0.4 is 4.90 Å². The van der Waals surface area contributed by atoms with Crippen LogP contribution in [0.1, 0.15) is 38.9 Å². The van der Waals surface area contributed by atoms with Crippen molar-refractivity contribution >= 4 is 11.6 Å². The molecule has 1 amide bonds. The molecule has 4 rings (SSSR count). The molecule has 1 aliphatic heterocycles. The molecule has 0 saturated heterocycles. The minimum Gasteiger partial charge on any atom is -0.508 e. The molecule has 2 N–H and O–H groups in total. The molecule has 1 aliphatic rings. The van der Waals surface area contributed by atoms with E-state index in [1.807, 2.05) is 44.2 Å². The lowest BCUT2D eigenvalue weighted by Gasteiger charge is -2.26. The average Bonchev–Trinajstić information content (AvgIpc) is 3.07. The Labute approximate surface area is 139 Å². The zero-order chi connectivity index (χ0) is 16.8. The van der Waals surface area contributed by atoms with Gasteiger partial charge in [-0.3, -0.25) is 14.8 Å². The fourth-order valence-corrected chi connectivity index (χ4v) is 3.28. The summed E-state index contributed by atoms with van der Waals surface area (Å²) < 4.78 is 0. The van der Waals surface area contributed by atoms with Crippen LogP contribution in [0.3, 0.4) is 0 Å². The van der Waals surface area contributed by atoms with Gasteiger partial charge in [0.05, 0.1) is 6.04 Å². The number of hydrogen-bond donors (Lipinski definition) is 2. The van der Waals surface area contributed by atoms with E-state index in [4.69, 9.17) is 0 Å². The van der Waals surface area contributed by atoms with E-state index in [0.29, 0.717) is 5.69 Å². The minimum absolute atomic E-state index is 0.133. The Balaban J connectivity index is 1.91. The molecule has 120 valence electrons. The summed E-state index contributed by atoms with van der Waals surface area (Å²) in [6, 6.07) is 14.6. The highest BCUT2D eigenvalue weighted by Crippen LogP contribution is 2.42. The maximum Gasteiger partial charge on any atom is 0.279 e. The van der Waals surface area contributed by atoms with Gasteiger partial charge in [-0.25, -0.2) is 0 Å². The smallest absolute Gasteiger partial charge is 0.279 e. The zero-order valence-electron chi connectivity index (χ0n) is 13.4.